The molecule has 0 aliphatic heterocycles. The predicted octanol–water partition coefficient (Wildman–Crippen LogP) is 4.08. The molecule has 0 saturated carbocycles. The van der Waals surface area contributed by atoms with Gasteiger partial charge in [0.1, 0.15) is 0 Å². The molecule has 104 valence electrons. The van der Waals surface area contributed by atoms with E-state index in [1.165, 1.54) is 5.56 Å². The summed E-state index contributed by atoms with van der Waals surface area (Å²) in [5.41, 5.74) is 4.17. The van der Waals surface area contributed by atoms with Crippen LogP contribution in [0.4, 0.5) is 11.4 Å². The van der Waals surface area contributed by atoms with Crippen molar-refractivity contribution < 1.29 is 4.92 Å². The van der Waals surface area contributed by atoms with Gasteiger partial charge in [0.25, 0.3) is 5.69 Å². The predicted molar refractivity (Wildman–Crippen MR) is 81.0 cm³/mol. The van der Waals surface area contributed by atoms with Crippen LogP contribution in [0.2, 0.25) is 0 Å². The lowest BCUT2D eigenvalue weighted by molar-refractivity contribution is -0.385. The molecule has 0 radical (unpaired) electrons. The fourth-order valence-electron chi connectivity index (χ4n) is 2.25. The van der Waals surface area contributed by atoms with Gasteiger partial charge in [-0.1, -0.05) is 37.3 Å². The normalized spacial score (nSPS) is 10.3. The second kappa shape index (κ2) is 6.19. The van der Waals surface area contributed by atoms with Crippen LogP contribution in [-0.4, -0.2) is 4.92 Å². The molecule has 0 spiro atoms. The quantitative estimate of drug-likeness (QED) is 0.658. The minimum atomic E-state index is -0.335. The van der Waals surface area contributed by atoms with Gasteiger partial charge in [0.2, 0.25) is 0 Å². The van der Waals surface area contributed by atoms with E-state index in [-0.39, 0.29) is 10.6 Å². The molecule has 0 bridgehead atoms. The first-order valence-corrected chi connectivity index (χ1v) is 6.68. The summed E-state index contributed by atoms with van der Waals surface area (Å²) in [6.45, 7) is 4.49. The molecule has 2 aromatic rings. The highest BCUT2D eigenvalue weighted by atomic mass is 16.6. The van der Waals surface area contributed by atoms with Gasteiger partial charge in [-0.05, 0) is 30.5 Å². The largest absolute Gasteiger partial charge is 0.381 e. The van der Waals surface area contributed by atoms with Crippen molar-refractivity contribution in [3.05, 3.63) is 69.3 Å². The summed E-state index contributed by atoms with van der Waals surface area (Å²) in [5, 5.41) is 14.3. The highest BCUT2D eigenvalue weighted by Gasteiger charge is 2.12. The number of para-hydroxylation sites is 1. The summed E-state index contributed by atoms with van der Waals surface area (Å²) in [6.07, 6.45) is 0.955. The molecule has 0 aliphatic carbocycles. The molecule has 0 atom stereocenters. The van der Waals surface area contributed by atoms with Crippen molar-refractivity contribution >= 4 is 11.4 Å². The zero-order chi connectivity index (χ0) is 14.5. The molecule has 1 N–H and O–H groups in total. The third-order valence-electron chi connectivity index (χ3n) is 3.48. The second-order valence-electron chi connectivity index (χ2n) is 4.68. The van der Waals surface area contributed by atoms with Crippen LogP contribution in [-0.2, 0) is 13.0 Å². The van der Waals surface area contributed by atoms with E-state index >= 15 is 0 Å². The zero-order valence-electron chi connectivity index (χ0n) is 11.7. The Morgan fingerprint density at radius 2 is 1.80 bits per heavy atom. The standard InChI is InChI=1S/C16H18N2O2/c1-3-13-7-4-5-9-15(13)17-11-14-8-6-10-16(12(14)2)18(19)20/h4-10,17H,3,11H2,1-2H3. The molecule has 20 heavy (non-hydrogen) atoms. The average Bonchev–Trinajstić information content (AvgIpc) is 2.46. The summed E-state index contributed by atoms with van der Waals surface area (Å²) in [4.78, 5) is 10.6. The maximum atomic E-state index is 10.9. The molecule has 0 aliphatic rings. The Hall–Kier alpha value is -2.36. The van der Waals surface area contributed by atoms with Gasteiger partial charge in [-0.3, -0.25) is 10.1 Å². The number of nitrogens with one attached hydrogen (secondary N) is 1. The van der Waals surface area contributed by atoms with E-state index in [1.807, 2.05) is 24.3 Å². The van der Waals surface area contributed by atoms with Gasteiger partial charge >= 0.3 is 0 Å². The third kappa shape index (κ3) is 2.96. The fraction of sp³-hybridized carbons (Fsp3) is 0.250. The molecule has 4 heteroatoms. The molecular formula is C16H18N2O2. The molecule has 0 heterocycles. The van der Waals surface area contributed by atoms with E-state index in [9.17, 15) is 10.1 Å². The first kappa shape index (κ1) is 14.1. The first-order valence-electron chi connectivity index (χ1n) is 6.68. The topological polar surface area (TPSA) is 55.2 Å². The number of hydrogen-bond donors (Lipinski definition) is 1. The average molecular weight is 270 g/mol. The van der Waals surface area contributed by atoms with Crippen LogP contribution in [0.5, 0.6) is 0 Å². The minimum Gasteiger partial charge on any atom is -0.381 e. The minimum absolute atomic E-state index is 0.174. The molecule has 0 unspecified atom stereocenters. The first-order chi connectivity index (χ1) is 9.63. The smallest absolute Gasteiger partial charge is 0.272 e. The van der Waals surface area contributed by atoms with Gasteiger partial charge in [0.15, 0.2) is 0 Å². The van der Waals surface area contributed by atoms with Crippen molar-refractivity contribution in [2.75, 3.05) is 5.32 Å². The Morgan fingerprint density at radius 3 is 2.50 bits per heavy atom. The van der Waals surface area contributed by atoms with Gasteiger partial charge in [-0.15, -0.1) is 0 Å². The Morgan fingerprint density at radius 1 is 1.10 bits per heavy atom. The molecular weight excluding hydrogens is 252 g/mol. The van der Waals surface area contributed by atoms with Crippen LogP contribution in [0.25, 0.3) is 0 Å². The number of benzene rings is 2. The van der Waals surface area contributed by atoms with Crippen LogP contribution in [0.15, 0.2) is 42.5 Å². The molecule has 0 saturated heterocycles. The van der Waals surface area contributed by atoms with Crippen molar-refractivity contribution in [3.63, 3.8) is 0 Å². The maximum absolute atomic E-state index is 10.9. The lowest BCUT2D eigenvalue weighted by atomic mass is 10.1. The molecule has 0 aromatic heterocycles. The lowest BCUT2D eigenvalue weighted by Gasteiger charge is -2.12. The van der Waals surface area contributed by atoms with Gasteiger partial charge in [0.05, 0.1) is 4.92 Å². The monoisotopic (exact) mass is 270 g/mol. The Kier molecular flexibility index (Phi) is 4.35. The van der Waals surface area contributed by atoms with Gasteiger partial charge < -0.3 is 5.32 Å². The van der Waals surface area contributed by atoms with E-state index in [0.29, 0.717) is 6.54 Å². The molecule has 0 amide bonds. The zero-order valence-corrected chi connectivity index (χ0v) is 11.7. The maximum Gasteiger partial charge on any atom is 0.272 e. The van der Waals surface area contributed by atoms with Crippen molar-refractivity contribution in [2.24, 2.45) is 0 Å². The van der Waals surface area contributed by atoms with E-state index in [2.05, 4.69) is 18.3 Å². The number of anilines is 1. The van der Waals surface area contributed by atoms with Crippen molar-refractivity contribution in [3.8, 4) is 0 Å². The summed E-state index contributed by atoms with van der Waals surface area (Å²) >= 11 is 0. The number of nitro benzene ring substituents is 1. The number of nitro groups is 1. The number of nitrogens with zero attached hydrogens (tertiary/aromatic N) is 1. The van der Waals surface area contributed by atoms with E-state index in [4.69, 9.17) is 0 Å². The number of hydrogen-bond acceptors (Lipinski definition) is 3. The highest BCUT2D eigenvalue weighted by Crippen LogP contribution is 2.23. The SMILES string of the molecule is CCc1ccccc1NCc1cccc([N+](=O)[O-])c1C. The van der Waals surface area contributed by atoms with Gasteiger partial charge in [-0.25, -0.2) is 0 Å². The Labute approximate surface area is 118 Å². The number of aryl methyl sites for hydroxylation is 1. The fourth-order valence-corrected chi connectivity index (χ4v) is 2.25. The second-order valence-corrected chi connectivity index (χ2v) is 4.68. The van der Waals surface area contributed by atoms with Crippen molar-refractivity contribution in [1.82, 2.24) is 0 Å². The Bertz CT molecular complexity index is 624. The van der Waals surface area contributed by atoms with Gasteiger partial charge in [-0.2, -0.15) is 0 Å². The molecule has 2 aromatic carbocycles. The van der Waals surface area contributed by atoms with E-state index in [0.717, 1.165) is 23.2 Å². The molecule has 2 rings (SSSR count). The summed E-state index contributed by atoms with van der Waals surface area (Å²) in [7, 11) is 0. The summed E-state index contributed by atoms with van der Waals surface area (Å²) in [5.74, 6) is 0. The van der Waals surface area contributed by atoms with Crippen molar-refractivity contribution in [2.45, 2.75) is 26.8 Å². The van der Waals surface area contributed by atoms with Crippen LogP contribution in [0.3, 0.4) is 0 Å². The van der Waals surface area contributed by atoms with Crippen LogP contribution in [0.1, 0.15) is 23.6 Å². The van der Waals surface area contributed by atoms with Crippen LogP contribution >= 0.6 is 0 Å². The van der Waals surface area contributed by atoms with E-state index in [1.54, 1.807) is 19.1 Å². The summed E-state index contributed by atoms with van der Waals surface area (Å²) < 4.78 is 0. The van der Waals surface area contributed by atoms with Crippen molar-refractivity contribution in [1.29, 1.82) is 0 Å². The summed E-state index contributed by atoms with van der Waals surface area (Å²) in [6, 6.07) is 13.3. The highest BCUT2D eigenvalue weighted by molar-refractivity contribution is 5.53. The number of rotatable bonds is 5. The lowest BCUT2D eigenvalue weighted by Crippen LogP contribution is -2.05. The Balaban J connectivity index is 2.19. The third-order valence-corrected chi connectivity index (χ3v) is 3.48. The van der Waals surface area contributed by atoms with Crippen LogP contribution < -0.4 is 5.32 Å². The van der Waals surface area contributed by atoms with Crippen LogP contribution in [0, 0.1) is 17.0 Å². The van der Waals surface area contributed by atoms with Gasteiger partial charge in [0, 0.05) is 23.9 Å². The molecule has 4 nitrogen and oxygen atoms in total. The van der Waals surface area contributed by atoms with E-state index < -0.39 is 0 Å². The molecule has 0 fully saturated rings.